The Labute approximate surface area is 119 Å². The van der Waals surface area contributed by atoms with Gasteiger partial charge in [0, 0.05) is 38.1 Å². The van der Waals surface area contributed by atoms with E-state index in [2.05, 4.69) is 18.9 Å². The van der Waals surface area contributed by atoms with E-state index in [1.165, 1.54) is 0 Å². The second kappa shape index (κ2) is 5.86. The normalized spacial score (nSPS) is 10.8. The van der Waals surface area contributed by atoms with Gasteiger partial charge in [-0.1, -0.05) is 0 Å². The van der Waals surface area contributed by atoms with E-state index in [1.54, 1.807) is 0 Å². The number of benzene rings is 1. The van der Waals surface area contributed by atoms with Gasteiger partial charge >= 0.3 is 0 Å². The fraction of sp³-hybridized carbons (Fsp3) is 0.400. The first kappa shape index (κ1) is 14.2. The standard InChI is InChI=1S/C15H22N4O/c1-11(2)19-8-7-12(17-19)10-20-15-9-13(18(3)4)5-6-14(15)16/h5-9,11H,10,16H2,1-4H3. The highest BCUT2D eigenvalue weighted by Gasteiger charge is 2.06. The zero-order chi connectivity index (χ0) is 14.7. The summed E-state index contributed by atoms with van der Waals surface area (Å²) in [6, 6.07) is 8.08. The summed E-state index contributed by atoms with van der Waals surface area (Å²) in [5.41, 5.74) is 8.53. The Balaban J connectivity index is 2.07. The van der Waals surface area contributed by atoms with Crippen molar-refractivity contribution in [3.05, 3.63) is 36.2 Å². The van der Waals surface area contributed by atoms with Crippen LogP contribution in [0.5, 0.6) is 5.75 Å². The second-order valence-electron chi connectivity index (χ2n) is 5.29. The SMILES string of the molecule is CC(C)n1ccc(COc2cc(N(C)C)ccc2N)n1. The number of nitrogen functional groups attached to an aromatic ring is 1. The molecule has 0 aliphatic carbocycles. The highest BCUT2D eigenvalue weighted by molar-refractivity contribution is 5.61. The van der Waals surface area contributed by atoms with Gasteiger partial charge in [-0.25, -0.2) is 0 Å². The maximum atomic E-state index is 5.94. The van der Waals surface area contributed by atoms with Gasteiger partial charge in [-0.15, -0.1) is 0 Å². The fourth-order valence-electron chi connectivity index (χ4n) is 1.82. The lowest BCUT2D eigenvalue weighted by molar-refractivity contribution is 0.300. The van der Waals surface area contributed by atoms with Gasteiger partial charge in [0.05, 0.1) is 11.4 Å². The van der Waals surface area contributed by atoms with Crippen LogP contribution >= 0.6 is 0 Å². The third-order valence-corrected chi connectivity index (χ3v) is 3.08. The monoisotopic (exact) mass is 274 g/mol. The average Bonchev–Trinajstić information content (AvgIpc) is 2.86. The van der Waals surface area contributed by atoms with Crippen LogP contribution in [0, 0.1) is 0 Å². The lowest BCUT2D eigenvalue weighted by atomic mass is 10.2. The maximum absolute atomic E-state index is 5.94. The number of hydrogen-bond acceptors (Lipinski definition) is 4. The van der Waals surface area contributed by atoms with Gasteiger partial charge in [0.2, 0.25) is 0 Å². The molecule has 0 aliphatic heterocycles. The maximum Gasteiger partial charge on any atom is 0.144 e. The van der Waals surface area contributed by atoms with Crippen molar-refractivity contribution in [2.75, 3.05) is 24.7 Å². The smallest absolute Gasteiger partial charge is 0.144 e. The molecule has 2 rings (SSSR count). The molecular weight excluding hydrogens is 252 g/mol. The number of anilines is 2. The van der Waals surface area contributed by atoms with Crippen LogP contribution in [0.2, 0.25) is 0 Å². The van der Waals surface area contributed by atoms with E-state index in [1.807, 2.05) is 54.1 Å². The van der Waals surface area contributed by atoms with Gasteiger partial charge in [0.15, 0.2) is 0 Å². The molecule has 108 valence electrons. The van der Waals surface area contributed by atoms with Crippen LogP contribution in [0.4, 0.5) is 11.4 Å². The molecular formula is C15H22N4O. The summed E-state index contributed by atoms with van der Waals surface area (Å²) in [6.45, 7) is 4.60. The first-order valence-electron chi connectivity index (χ1n) is 6.71. The molecule has 0 saturated carbocycles. The minimum Gasteiger partial charge on any atom is -0.485 e. The molecule has 2 N–H and O–H groups in total. The first-order valence-corrected chi connectivity index (χ1v) is 6.71. The zero-order valence-corrected chi connectivity index (χ0v) is 12.5. The van der Waals surface area contributed by atoms with Crippen LogP contribution in [-0.2, 0) is 6.61 Å². The highest BCUT2D eigenvalue weighted by Crippen LogP contribution is 2.27. The van der Waals surface area contributed by atoms with Crippen LogP contribution in [0.15, 0.2) is 30.5 Å². The molecule has 0 saturated heterocycles. The van der Waals surface area contributed by atoms with Gasteiger partial charge in [0.1, 0.15) is 12.4 Å². The van der Waals surface area contributed by atoms with Crippen molar-refractivity contribution in [3.8, 4) is 5.75 Å². The average molecular weight is 274 g/mol. The molecule has 2 aromatic rings. The second-order valence-corrected chi connectivity index (χ2v) is 5.29. The van der Waals surface area contributed by atoms with Gasteiger partial charge in [-0.2, -0.15) is 5.10 Å². The van der Waals surface area contributed by atoms with Crippen LogP contribution in [0.3, 0.4) is 0 Å². The van der Waals surface area contributed by atoms with Crippen LogP contribution in [0.1, 0.15) is 25.6 Å². The van der Waals surface area contributed by atoms with Crippen molar-refractivity contribution in [2.24, 2.45) is 0 Å². The molecule has 1 aromatic carbocycles. The van der Waals surface area contributed by atoms with Crippen molar-refractivity contribution in [1.29, 1.82) is 0 Å². The predicted octanol–water partition coefficient (Wildman–Crippen LogP) is 2.69. The third kappa shape index (κ3) is 3.23. The number of ether oxygens (including phenoxy) is 1. The molecule has 0 atom stereocenters. The number of nitrogens with zero attached hydrogens (tertiary/aromatic N) is 3. The molecule has 5 heteroatoms. The van der Waals surface area contributed by atoms with Gasteiger partial charge in [-0.05, 0) is 32.0 Å². The summed E-state index contributed by atoms with van der Waals surface area (Å²) < 4.78 is 7.69. The summed E-state index contributed by atoms with van der Waals surface area (Å²) in [5.74, 6) is 0.690. The third-order valence-electron chi connectivity index (χ3n) is 3.08. The lowest BCUT2D eigenvalue weighted by Gasteiger charge is -2.15. The van der Waals surface area contributed by atoms with Gasteiger partial charge < -0.3 is 15.4 Å². The molecule has 0 bridgehead atoms. The van der Waals surface area contributed by atoms with Crippen molar-refractivity contribution in [3.63, 3.8) is 0 Å². The molecule has 20 heavy (non-hydrogen) atoms. The van der Waals surface area contributed by atoms with E-state index in [-0.39, 0.29) is 0 Å². The highest BCUT2D eigenvalue weighted by atomic mass is 16.5. The van der Waals surface area contributed by atoms with Crippen molar-refractivity contribution >= 4 is 11.4 Å². The first-order chi connectivity index (χ1) is 9.47. The summed E-state index contributed by atoms with van der Waals surface area (Å²) >= 11 is 0. The minimum atomic E-state index is 0.353. The van der Waals surface area contributed by atoms with Crippen LogP contribution < -0.4 is 15.4 Å². The molecule has 0 radical (unpaired) electrons. The van der Waals surface area contributed by atoms with E-state index in [0.29, 0.717) is 24.1 Å². The Morgan fingerprint density at radius 3 is 2.65 bits per heavy atom. The molecule has 0 unspecified atom stereocenters. The van der Waals surface area contributed by atoms with E-state index >= 15 is 0 Å². The number of hydrogen-bond donors (Lipinski definition) is 1. The van der Waals surface area contributed by atoms with Crippen molar-refractivity contribution in [1.82, 2.24) is 9.78 Å². The zero-order valence-electron chi connectivity index (χ0n) is 12.5. The topological polar surface area (TPSA) is 56.3 Å². The van der Waals surface area contributed by atoms with E-state index < -0.39 is 0 Å². The van der Waals surface area contributed by atoms with Crippen molar-refractivity contribution in [2.45, 2.75) is 26.5 Å². The predicted molar refractivity (Wildman–Crippen MR) is 82.1 cm³/mol. The Bertz CT molecular complexity index is 575. The van der Waals surface area contributed by atoms with E-state index in [9.17, 15) is 0 Å². The fourth-order valence-corrected chi connectivity index (χ4v) is 1.82. The van der Waals surface area contributed by atoms with Crippen molar-refractivity contribution < 1.29 is 4.74 Å². The van der Waals surface area contributed by atoms with E-state index in [0.717, 1.165) is 11.4 Å². The number of aromatic nitrogens is 2. The Kier molecular flexibility index (Phi) is 4.17. The van der Waals surface area contributed by atoms with E-state index in [4.69, 9.17) is 10.5 Å². The molecule has 1 heterocycles. The molecule has 5 nitrogen and oxygen atoms in total. The van der Waals surface area contributed by atoms with Crippen LogP contribution in [0.25, 0.3) is 0 Å². The molecule has 0 amide bonds. The Morgan fingerprint density at radius 1 is 1.30 bits per heavy atom. The summed E-state index contributed by atoms with van der Waals surface area (Å²) in [5, 5.41) is 4.45. The number of nitrogens with two attached hydrogens (primary N) is 1. The Morgan fingerprint density at radius 2 is 2.05 bits per heavy atom. The molecule has 0 aliphatic rings. The van der Waals surface area contributed by atoms with Gasteiger partial charge in [0.25, 0.3) is 0 Å². The summed E-state index contributed by atoms with van der Waals surface area (Å²) in [7, 11) is 3.97. The number of rotatable bonds is 5. The largest absolute Gasteiger partial charge is 0.485 e. The van der Waals surface area contributed by atoms with Gasteiger partial charge in [-0.3, -0.25) is 4.68 Å². The summed E-state index contributed by atoms with van der Waals surface area (Å²) in [4.78, 5) is 2.01. The quantitative estimate of drug-likeness (QED) is 0.852. The summed E-state index contributed by atoms with van der Waals surface area (Å²) in [6.07, 6.45) is 1.96. The minimum absolute atomic E-state index is 0.353. The molecule has 0 spiro atoms. The Hall–Kier alpha value is -2.17. The molecule has 0 fully saturated rings. The molecule has 1 aromatic heterocycles. The lowest BCUT2D eigenvalue weighted by Crippen LogP contribution is -2.09. The van der Waals surface area contributed by atoms with Crippen LogP contribution in [-0.4, -0.2) is 23.9 Å².